The van der Waals surface area contributed by atoms with E-state index in [-0.39, 0.29) is 5.91 Å². The van der Waals surface area contributed by atoms with E-state index in [1.54, 1.807) is 6.08 Å². The normalized spacial score (nSPS) is 23.0. The van der Waals surface area contributed by atoms with Crippen LogP contribution < -0.4 is 5.32 Å². The number of amides is 1. The predicted molar refractivity (Wildman–Crippen MR) is 53.5 cm³/mol. The molecule has 3 nitrogen and oxygen atoms in total. The monoisotopic (exact) mass is 182 g/mol. The van der Waals surface area contributed by atoms with Crippen LogP contribution in [-0.2, 0) is 4.79 Å². The van der Waals surface area contributed by atoms with E-state index in [1.807, 2.05) is 0 Å². The van der Waals surface area contributed by atoms with Crippen molar-refractivity contribution >= 4 is 5.91 Å². The van der Waals surface area contributed by atoms with Gasteiger partial charge in [0.2, 0.25) is 5.91 Å². The zero-order chi connectivity index (χ0) is 9.68. The lowest BCUT2D eigenvalue weighted by Crippen LogP contribution is -2.33. The number of hydrogen-bond donors (Lipinski definition) is 1. The predicted octanol–water partition coefficient (Wildman–Crippen LogP) is 0.773. The Bertz CT molecular complexity index is 191. The summed E-state index contributed by atoms with van der Waals surface area (Å²) in [6, 6.07) is 0.449. The molecule has 1 fully saturated rings. The molecule has 0 aromatic rings. The molecular formula is C10H18N2O. The number of rotatable bonds is 4. The van der Waals surface area contributed by atoms with Gasteiger partial charge in [-0.05, 0) is 26.4 Å². The van der Waals surface area contributed by atoms with Gasteiger partial charge in [-0.2, -0.15) is 0 Å². The van der Waals surface area contributed by atoms with Crippen molar-refractivity contribution in [2.45, 2.75) is 25.3 Å². The summed E-state index contributed by atoms with van der Waals surface area (Å²) in [6.45, 7) is 5.26. The van der Waals surface area contributed by atoms with Crippen molar-refractivity contribution in [3.63, 3.8) is 0 Å². The van der Waals surface area contributed by atoms with E-state index >= 15 is 0 Å². The fraction of sp³-hybridized carbons (Fsp3) is 0.700. The minimum atomic E-state index is 0.138. The van der Waals surface area contributed by atoms with E-state index in [2.05, 4.69) is 23.8 Å². The van der Waals surface area contributed by atoms with E-state index in [0.717, 1.165) is 13.0 Å². The molecule has 1 aliphatic heterocycles. The van der Waals surface area contributed by atoms with E-state index in [1.165, 1.54) is 6.42 Å². The standard InChI is InChI=1S/C10H18N2O/c1-3-6-11-10(13)8-9-5-4-7-12(9)2/h3,9H,1,4-8H2,2H3,(H,11,13). The number of nitrogens with zero attached hydrogens (tertiary/aromatic N) is 1. The van der Waals surface area contributed by atoms with Crippen molar-refractivity contribution in [1.82, 2.24) is 10.2 Å². The van der Waals surface area contributed by atoms with Crippen LogP contribution in [-0.4, -0.2) is 37.0 Å². The van der Waals surface area contributed by atoms with Crippen molar-refractivity contribution in [3.05, 3.63) is 12.7 Å². The highest BCUT2D eigenvalue weighted by atomic mass is 16.1. The highest BCUT2D eigenvalue weighted by Crippen LogP contribution is 2.17. The molecule has 1 heterocycles. The lowest BCUT2D eigenvalue weighted by Gasteiger charge is -2.18. The Morgan fingerprint density at radius 2 is 2.54 bits per heavy atom. The van der Waals surface area contributed by atoms with Gasteiger partial charge in [-0.3, -0.25) is 4.79 Å². The first-order valence-corrected chi connectivity index (χ1v) is 4.82. The average Bonchev–Trinajstić information content (AvgIpc) is 2.48. The summed E-state index contributed by atoms with van der Waals surface area (Å²) in [7, 11) is 2.08. The number of likely N-dealkylation sites (tertiary alicyclic amines) is 1. The lowest BCUT2D eigenvalue weighted by molar-refractivity contribution is -0.121. The Kier molecular flexibility index (Phi) is 3.96. The van der Waals surface area contributed by atoms with E-state index < -0.39 is 0 Å². The number of carbonyl (C=O) groups is 1. The maximum absolute atomic E-state index is 11.3. The van der Waals surface area contributed by atoms with Gasteiger partial charge in [-0.25, -0.2) is 0 Å². The van der Waals surface area contributed by atoms with Crippen LogP contribution in [0.4, 0.5) is 0 Å². The molecule has 74 valence electrons. The maximum atomic E-state index is 11.3. The van der Waals surface area contributed by atoms with Gasteiger partial charge in [0.15, 0.2) is 0 Å². The second-order valence-corrected chi connectivity index (χ2v) is 3.57. The fourth-order valence-corrected chi connectivity index (χ4v) is 1.71. The topological polar surface area (TPSA) is 32.3 Å². The van der Waals surface area contributed by atoms with Gasteiger partial charge in [-0.1, -0.05) is 6.08 Å². The van der Waals surface area contributed by atoms with Crippen LogP contribution in [0.15, 0.2) is 12.7 Å². The zero-order valence-corrected chi connectivity index (χ0v) is 8.25. The molecule has 0 aromatic carbocycles. The quantitative estimate of drug-likeness (QED) is 0.651. The molecule has 13 heavy (non-hydrogen) atoms. The van der Waals surface area contributed by atoms with Crippen LogP contribution in [0, 0.1) is 0 Å². The third-order valence-electron chi connectivity index (χ3n) is 2.54. The molecule has 1 rings (SSSR count). The number of carbonyl (C=O) groups excluding carboxylic acids is 1. The first kappa shape index (κ1) is 10.3. The molecule has 0 spiro atoms. The average molecular weight is 182 g/mol. The van der Waals surface area contributed by atoms with Gasteiger partial charge < -0.3 is 10.2 Å². The van der Waals surface area contributed by atoms with E-state index in [0.29, 0.717) is 19.0 Å². The molecule has 0 radical (unpaired) electrons. The molecule has 0 bridgehead atoms. The van der Waals surface area contributed by atoms with Gasteiger partial charge in [0.05, 0.1) is 0 Å². The summed E-state index contributed by atoms with van der Waals surface area (Å²) in [5.74, 6) is 0.138. The van der Waals surface area contributed by atoms with Crippen LogP contribution in [0.3, 0.4) is 0 Å². The highest BCUT2D eigenvalue weighted by Gasteiger charge is 2.22. The molecule has 1 saturated heterocycles. The Hall–Kier alpha value is -0.830. The lowest BCUT2D eigenvalue weighted by atomic mass is 10.1. The summed E-state index contributed by atoms with van der Waals surface area (Å²) in [5.41, 5.74) is 0. The second kappa shape index (κ2) is 5.02. The first-order valence-electron chi connectivity index (χ1n) is 4.82. The summed E-state index contributed by atoms with van der Waals surface area (Å²) in [6.07, 6.45) is 4.70. The molecular weight excluding hydrogens is 164 g/mol. The van der Waals surface area contributed by atoms with Crippen molar-refractivity contribution < 1.29 is 4.79 Å². The third kappa shape index (κ3) is 3.19. The zero-order valence-electron chi connectivity index (χ0n) is 8.25. The molecule has 3 heteroatoms. The smallest absolute Gasteiger partial charge is 0.221 e. The largest absolute Gasteiger partial charge is 0.353 e. The van der Waals surface area contributed by atoms with Crippen LogP contribution in [0.1, 0.15) is 19.3 Å². The molecule has 1 aliphatic rings. The molecule has 0 aromatic heterocycles. The van der Waals surface area contributed by atoms with Crippen LogP contribution >= 0.6 is 0 Å². The van der Waals surface area contributed by atoms with Crippen molar-refractivity contribution in [1.29, 1.82) is 0 Å². The minimum Gasteiger partial charge on any atom is -0.353 e. The summed E-state index contributed by atoms with van der Waals surface area (Å²) in [4.78, 5) is 13.6. The van der Waals surface area contributed by atoms with E-state index in [4.69, 9.17) is 0 Å². The molecule has 0 saturated carbocycles. The Labute approximate surface area is 79.8 Å². The van der Waals surface area contributed by atoms with Crippen LogP contribution in [0.2, 0.25) is 0 Å². The SMILES string of the molecule is C=CCNC(=O)CC1CCCN1C. The van der Waals surface area contributed by atoms with Gasteiger partial charge in [0.25, 0.3) is 0 Å². The summed E-state index contributed by atoms with van der Waals surface area (Å²) < 4.78 is 0. The Morgan fingerprint density at radius 3 is 3.08 bits per heavy atom. The number of hydrogen-bond acceptors (Lipinski definition) is 2. The first-order chi connectivity index (χ1) is 6.24. The second-order valence-electron chi connectivity index (χ2n) is 3.57. The highest BCUT2D eigenvalue weighted by molar-refractivity contribution is 5.76. The van der Waals surface area contributed by atoms with Crippen molar-refractivity contribution in [3.8, 4) is 0 Å². The Morgan fingerprint density at radius 1 is 1.77 bits per heavy atom. The number of nitrogens with one attached hydrogen (secondary N) is 1. The molecule has 1 atom stereocenters. The maximum Gasteiger partial charge on any atom is 0.221 e. The molecule has 0 aliphatic carbocycles. The van der Waals surface area contributed by atoms with Crippen LogP contribution in [0.5, 0.6) is 0 Å². The Balaban J connectivity index is 2.22. The molecule has 1 amide bonds. The van der Waals surface area contributed by atoms with Crippen molar-refractivity contribution in [2.24, 2.45) is 0 Å². The van der Waals surface area contributed by atoms with Gasteiger partial charge in [0, 0.05) is 19.0 Å². The minimum absolute atomic E-state index is 0.138. The molecule has 1 N–H and O–H groups in total. The summed E-state index contributed by atoms with van der Waals surface area (Å²) in [5, 5.41) is 2.80. The van der Waals surface area contributed by atoms with Gasteiger partial charge in [0.1, 0.15) is 0 Å². The van der Waals surface area contributed by atoms with Crippen molar-refractivity contribution in [2.75, 3.05) is 20.1 Å². The third-order valence-corrected chi connectivity index (χ3v) is 2.54. The van der Waals surface area contributed by atoms with Gasteiger partial charge in [-0.15, -0.1) is 6.58 Å². The van der Waals surface area contributed by atoms with Crippen LogP contribution in [0.25, 0.3) is 0 Å². The molecule has 1 unspecified atom stereocenters. The fourth-order valence-electron chi connectivity index (χ4n) is 1.71. The van der Waals surface area contributed by atoms with E-state index in [9.17, 15) is 4.79 Å². The van der Waals surface area contributed by atoms with Gasteiger partial charge >= 0.3 is 0 Å². The summed E-state index contributed by atoms with van der Waals surface area (Å²) >= 11 is 0.